The normalized spacial score (nSPS) is 12.8. The van der Waals surface area contributed by atoms with Gasteiger partial charge in [-0.3, -0.25) is 9.59 Å². The lowest BCUT2D eigenvalue weighted by Crippen LogP contribution is -2.40. The van der Waals surface area contributed by atoms with Crippen molar-refractivity contribution in [2.75, 3.05) is 0 Å². The lowest BCUT2D eigenvalue weighted by atomic mass is 9.99. The van der Waals surface area contributed by atoms with Crippen molar-refractivity contribution in [2.45, 2.75) is 53.0 Å². The van der Waals surface area contributed by atoms with Crippen LogP contribution in [0.4, 0.5) is 0 Å². The maximum atomic E-state index is 12.3. The van der Waals surface area contributed by atoms with Gasteiger partial charge in [-0.25, -0.2) is 0 Å². The van der Waals surface area contributed by atoms with E-state index < -0.39 is 12.0 Å². The predicted molar refractivity (Wildman–Crippen MR) is 73.7 cm³/mol. The summed E-state index contributed by atoms with van der Waals surface area (Å²) in [4.78, 5) is 23.2. The smallest absolute Gasteiger partial charge is 0.305 e. The number of carboxylic acids is 1. The van der Waals surface area contributed by atoms with Gasteiger partial charge in [0.1, 0.15) is 5.56 Å². The van der Waals surface area contributed by atoms with Crippen LogP contribution in [0.15, 0.2) is 4.52 Å². The first-order valence-corrected chi connectivity index (χ1v) is 6.72. The van der Waals surface area contributed by atoms with E-state index in [9.17, 15) is 9.59 Å². The van der Waals surface area contributed by atoms with Crippen LogP contribution in [-0.2, 0) is 4.79 Å². The first kappa shape index (κ1) is 16.2. The Balaban J connectivity index is 2.94. The van der Waals surface area contributed by atoms with Gasteiger partial charge in [-0.1, -0.05) is 32.9 Å². The molecule has 20 heavy (non-hydrogen) atoms. The second kappa shape index (κ2) is 6.54. The third-order valence-corrected chi connectivity index (χ3v) is 3.16. The van der Waals surface area contributed by atoms with Crippen LogP contribution in [0.5, 0.6) is 0 Å². The molecule has 0 saturated heterocycles. The van der Waals surface area contributed by atoms with Gasteiger partial charge in [-0.05, 0) is 12.8 Å². The molecule has 1 rings (SSSR count). The highest BCUT2D eigenvalue weighted by molar-refractivity contribution is 5.96. The van der Waals surface area contributed by atoms with Gasteiger partial charge in [0.05, 0.1) is 12.1 Å². The summed E-state index contributed by atoms with van der Waals surface area (Å²) in [6.07, 6.45) is -0.106. The van der Waals surface area contributed by atoms with E-state index >= 15 is 0 Å². The van der Waals surface area contributed by atoms with Crippen LogP contribution in [0.1, 0.15) is 61.8 Å². The average Bonchev–Trinajstić information content (AvgIpc) is 2.69. The predicted octanol–water partition coefficient (Wildman–Crippen LogP) is 2.34. The van der Waals surface area contributed by atoms with Gasteiger partial charge in [0.25, 0.3) is 5.91 Å². The fraction of sp³-hybridized carbons (Fsp3) is 0.643. The van der Waals surface area contributed by atoms with E-state index in [1.165, 1.54) is 0 Å². The van der Waals surface area contributed by atoms with Crippen LogP contribution in [0.3, 0.4) is 0 Å². The van der Waals surface area contributed by atoms with Crippen molar-refractivity contribution >= 4 is 11.9 Å². The molecule has 0 aromatic carbocycles. The number of aromatic nitrogens is 1. The van der Waals surface area contributed by atoms with Gasteiger partial charge in [0.15, 0.2) is 5.76 Å². The van der Waals surface area contributed by atoms with Gasteiger partial charge < -0.3 is 14.9 Å². The minimum atomic E-state index is -0.935. The van der Waals surface area contributed by atoms with Crippen LogP contribution in [0, 0.1) is 12.8 Å². The molecule has 0 spiro atoms. The molecule has 1 aromatic rings. The molecule has 1 heterocycles. The number of nitrogens with zero attached hydrogens (tertiary/aromatic N) is 1. The van der Waals surface area contributed by atoms with Crippen molar-refractivity contribution in [3.8, 4) is 0 Å². The summed E-state index contributed by atoms with van der Waals surface area (Å²) >= 11 is 0. The van der Waals surface area contributed by atoms with Gasteiger partial charge in [-0.15, -0.1) is 0 Å². The Morgan fingerprint density at radius 3 is 2.35 bits per heavy atom. The number of aryl methyl sites for hydroxylation is 1. The van der Waals surface area contributed by atoms with Gasteiger partial charge >= 0.3 is 5.97 Å². The highest BCUT2D eigenvalue weighted by Gasteiger charge is 2.26. The number of carbonyl (C=O) groups is 2. The summed E-state index contributed by atoms with van der Waals surface area (Å²) < 4.78 is 5.17. The average molecular weight is 282 g/mol. The number of hydrogen-bond donors (Lipinski definition) is 2. The lowest BCUT2D eigenvalue weighted by molar-refractivity contribution is -0.137. The first-order chi connectivity index (χ1) is 9.23. The van der Waals surface area contributed by atoms with Gasteiger partial charge in [0.2, 0.25) is 0 Å². The van der Waals surface area contributed by atoms with E-state index in [1.807, 2.05) is 27.7 Å². The molecule has 0 bridgehead atoms. The van der Waals surface area contributed by atoms with E-state index in [2.05, 4.69) is 10.5 Å². The molecule has 1 unspecified atom stereocenters. The topological polar surface area (TPSA) is 92.4 Å². The molecular weight excluding hydrogens is 260 g/mol. The molecule has 1 atom stereocenters. The summed E-state index contributed by atoms with van der Waals surface area (Å²) in [6.45, 7) is 9.27. The molecule has 1 aromatic heterocycles. The fourth-order valence-electron chi connectivity index (χ4n) is 1.94. The van der Waals surface area contributed by atoms with Crippen molar-refractivity contribution in [1.29, 1.82) is 0 Å². The minimum absolute atomic E-state index is 0.0257. The molecule has 0 aliphatic carbocycles. The molecular formula is C14H22N2O4. The Labute approximate surface area is 118 Å². The molecule has 0 radical (unpaired) electrons. The van der Waals surface area contributed by atoms with E-state index in [-0.39, 0.29) is 24.2 Å². The van der Waals surface area contributed by atoms with Gasteiger partial charge in [0, 0.05) is 12.0 Å². The van der Waals surface area contributed by atoms with Crippen LogP contribution in [-0.4, -0.2) is 28.2 Å². The Bertz CT molecular complexity index is 491. The molecule has 112 valence electrons. The third kappa shape index (κ3) is 3.82. The Morgan fingerprint density at radius 2 is 1.90 bits per heavy atom. The largest absolute Gasteiger partial charge is 0.481 e. The first-order valence-electron chi connectivity index (χ1n) is 6.72. The van der Waals surface area contributed by atoms with E-state index in [4.69, 9.17) is 9.63 Å². The van der Waals surface area contributed by atoms with Crippen LogP contribution < -0.4 is 5.32 Å². The number of nitrogens with one attached hydrogen (secondary N) is 1. The number of carbonyl (C=O) groups excluding carboxylic acids is 1. The van der Waals surface area contributed by atoms with Crippen molar-refractivity contribution in [2.24, 2.45) is 5.92 Å². The van der Waals surface area contributed by atoms with Crippen molar-refractivity contribution < 1.29 is 19.2 Å². The number of hydrogen-bond acceptors (Lipinski definition) is 4. The quantitative estimate of drug-likeness (QED) is 0.835. The summed E-state index contributed by atoms with van der Waals surface area (Å²) in [5.74, 6) is -0.674. The second-order valence-corrected chi connectivity index (χ2v) is 5.58. The Hall–Kier alpha value is -1.85. The maximum absolute atomic E-state index is 12.3. The maximum Gasteiger partial charge on any atom is 0.305 e. The number of aliphatic carboxylic acids is 1. The highest BCUT2D eigenvalue weighted by Crippen LogP contribution is 2.22. The number of rotatable bonds is 6. The van der Waals surface area contributed by atoms with E-state index in [0.29, 0.717) is 17.0 Å². The SMILES string of the molecule is Cc1noc(C(C)C)c1C(=O)NC(CC(=O)O)C(C)C. The highest BCUT2D eigenvalue weighted by atomic mass is 16.5. The summed E-state index contributed by atoms with van der Waals surface area (Å²) in [6, 6.07) is -0.422. The number of amides is 1. The molecule has 6 nitrogen and oxygen atoms in total. The van der Waals surface area contributed by atoms with Crippen LogP contribution in [0.25, 0.3) is 0 Å². The molecule has 0 aliphatic heterocycles. The Morgan fingerprint density at radius 1 is 1.30 bits per heavy atom. The zero-order chi connectivity index (χ0) is 15.4. The Kier molecular flexibility index (Phi) is 5.30. The molecule has 0 saturated carbocycles. The summed E-state index contributed by atoms with van der Waals surface area (Å²) in [5.41, 5.74) is 0.931. The zero-order valence-electron chi connectivity index (χ0n) is 12.6. The molecule has 0 aliphatic rings. The summed E-state index contributed by atoms with van der Waals surface area (Å²) in [7, 11) is 0. The fourth-order valence-corrected chi connectivity index (χ4v) is 1.94. The number of carboxylic acid groups (broad SMARTS) is 1. The van der Waals surface area contributed by atoms with Crippen molar-refractivity contribution in [3.63, 3.8) is 0 Å². The zero-order valence-corrected chi connectivity index (χ0v) is 12.6. The lowest BCUT2D eigenvalue weighted by Gasteiger charge is -2.20. The third-order valence-electron chi connectivity index (χ3n) is 3.16. The standard InChI is InChI=1S/C14H22N2O4/c1-7(2)10(6-11(17)18)15-14(19)12-9(5)16-20-13(12)8(3)4/h7-8,10H,6H2,1-5H3,(H,15,19)(H,17,18). The molecule has 2 N–H and O–H groups in total. The van der Waals surface area contributed by atoms with Gasteiger partial charge in [-0.2, -0.15) is 0 Å². The minimum Gasteiger partial charge on any atom is -0.481 e. The summed E-state index contributed by atoms with van der Waals surface area (Å²) in [5, 5.41) is 15.5. The van der Waals surface area contributed by atoms with Crippen LogP contribution in [0.2, 0.25) is 0 Å². The van der Waals surface area contributed by atoms with Crippen molar-refractivity contribution in [1.82, 2.24) is 10.5 Å². The van der Waals surface area contributed by atoms with E-state index in [0.717, 1.165) is 0 Å². The monoisotopic (exact) mass is 282 g/mol. The molecule has 1 amide bonds. The molecule has 6 heteroatoms. The molecule has 0 fully saturated rings. The van der Waals surface area contributed by atoms with Crippen molar-refractivity contribution in [3.05, 3.63) is 17.0 Å². The van der Waals surface area contributed by atoms with Crippen LogP contribution >= 0.6 is 0 Å². The second-order valence-electron chi connectivity index (χ2n) is 5.58. The van der Waals surface area contributed by atoms with E-state index in [1.54, 1.807) is 6.92 Å².